The van der Waals surface area contributed by atoms with Crippen LogP contribution in [0, 0.1) is 22.2 Å². The molecule has 1 aromatic rings. The number of aryl methyl sites for hydroxylation is 1. The average Bonchev–Trinajstić information content (AvgIpc) is 2.71. The van der Waals surface area contributed by atoms with Crippen LogP contribution in [-0.2, 0) is 22.7 Å². The van der Waals surface area contributed by atoms with Crippen LogP contribution < -0.4 is 0 Å². The van der Waals surface area contributed by atoms with Crippen molar-refractivity contribution in [3.05, 3.63) is 57.2 Å². The van der Waals surface area contributed by atoms with Gasteiger partial charge in [-0.15, -0.1) is 0 Å². The minimum absolute atomic E-state index is 0.140. The molecule has 0 aliphatic heterocycles. The van der Waals surface area contributed by atoms with E-state index in [0.29, 0.717) is 5.92 Å². The van der Waals surface area contributed by atoms with E-state index in [9.17, 15) is 0 Å². The SMILES string of the molecule is CC(C)(C)C1=CC(C(C)(C)C)=C(CCCCc2cc(C(C)(C)C)c(C(C)(C)C)cc2C(C)(C)C)CC1C(C)(C)C. The smallest absolute Gasteiger partial charge is 0.0109 e. The molecule has 40 heavy (non-hydrogen) atoms. The molecule has 1 atom stereocenters. The summed E-state index contributed by atoms with van der Waals surface area (Å²) in [6.45, 7) is 43.2. The Balaban J connectivity index is 2.44. The molecule has 0 N–H and O–H groups in total. The Morgan fingerprint density at radius 2 is 0.975 bits per heavy atom. The summed E-state index contributed by atoms with van der Waals surface area (Å²) in [4.78, 5) is 0. The fourth-order valence-corrected chi connectivity index (χ4v) is 6.76. The van der Waals surface area contributed by atoms with Gasteiger partial charge in [0.25, 0.3) is 0 Å². The third kappa shape index (κ3) is 8.61. The Labute approximate surface area is 251 Å². The Kier molecular flexibility index (Phi) is 9.96. The van der Waals surface area contributed by atoms with Gasteiger partial charge in [0.05, 0.1) is 0 Å². The topological polar surface area (TPSA) is 0 Å². The van der Waals surface area contributed by atoms with Crippen molar-refractivity contribution in [1.82, 2.24) is 0 Å². The number of hydrogen-bond acceptors (Lipinski definition) is 0. The molecular weight excluding hydrogens is 480 g/mol. The van der Waals surface area contributed by atoms with E-state index in [4.69, 9.17) is 0 Å². The van der Waals surface area contributed by atoms with Crippen LogP contribution in [0.5, 0.6) is 0 Å². The Hall–Kier alpha value is -1.30. The zero-order valence-corrected chi connectivity index (χ0v) is 30.3. The summed E-state index contributed by atoms with van der Waals surface area (Å²) in [6.07, 6.45) is 8.76. The number of rotatable bonds is 5. The van der Waals surface area contributed by atoms with E-state index in [0.717, 1.165) is 0 Å². The van der Waals surface area contributed by atoms with Gasteiger partial charge in [-0.05, 0) is 98.3 Å². The van der Waals surface area contributed by atoms with Crippen molar-refractivity contribution in [1.29, 1.82) is 0 Å². The quantitative estimate of drug-likeness (QED) is 0.321. The van der Waals surface area contributed by atoms with Gasteiger partial charge in [0, 0.05) is 0 Å². The first-order valence-corrected chi connectivity index (χ1v) is 16.3. The standard InChI is InChI=1S/C40H68/c1-35(2,3)29-25-33(39(13,14)15)31(37(7,8)9)23-27(29)21-19-20-22-28-24-32(38(10,11)12)34(40(16,17)18)26-30(28)36(4,5)6/h23,25-26,32H,19-22,24H2,1-18H3. The largest absolute Gasteiger partial charge is 0.0659 e. The van der Waals surface area contributed by atoms with Crippen molar-refractivity contribution in [2.75, 3.05) is 0 Å². The minimum Gasteiger partial charge on any atom is -0.0659 e. The van der Waals surface area contributed by atoms with Crippen LogP contribution in [0.15, 0.2) is 34.9 Å². The molecule has 0 heteroatoms. The molecular formula is C40H68. The third-order valence-electron chi connectivity index (χ3n) is 9.07. The molecule has 0 fully saturated rings. The average molecular weight is 549 g/mol. The second-order valence-corrected chi connectivity index (χ2v) is 19.3. The molecule has 0 bridgehead atoms. The summed E-state index contributed by atoms with van der Waals surface area (Å²) in [5.74, 6) is 0.611. The van der Waals surface area contributed by atoms with Crippen LogP contribution >= 0.6 is 0 Å². The highest BCUT2D eigenvalue weighted by molar-refractivity contribution is 5.47. The van der Waals surface area contributed by atoms with Gasteiger partial charge < -0.3 is 0 Å². The van der Waals surface area contributed by atoms with Crippen molar-refractivity contribution in [2.24, 2.45) is 22.2 Å². The maximum atomic E-state index is 2.63. The normalized spacial score (nSPS) is 18.4. The van der Waals surface area contributed by atoms with E-state index in [1.165, 1.54) is 43.2 Å². The molecule has 0 nitrogen and oxygen atoms in total. The van der Waals surface area contributed by atoms with Gasteiger partial charge in [-0.25, -0.2) is 0 Å². The van der Waals surface area contributed by atoms with E-state index in [-0.39, 0.29) is 32.5 Å². The summed E-state index contributed by atoms with van der Waals surface area (Å²) >= 11 is 0. The molecule has 0 saturated heterocycles. The predicted molar refractivity (Wildman–Crippen MR) is 182 cm³/mol. The lowest BCUT2D eigenvalue weighted by atomic mass is 9.61. The molecule has 228 valence electrons. The Morgan fingerprint density at radius 3 is 1.38 bits per heavy atom. The third-order valence-corrected chi connectivity index (χ3v) is 9.07. The van der Waals surface area contributed by atoms with Crippen molar-refractivity contribution < 1.29 is 0 Å². The van der Waals surface area contributed by atoms with Gasteiger partial charge >= 0.3 is 0 Å². The van der Waals surface area contributed by atoms with Crippen LogP contribution in [0.25, 0.3) is 0 Å². The van der Waals surface area contributed by atoms with Crippen molar-refractivity contribution in [3.8, 4) is 0 Å². The highest BCUT2D eigenvalue weighted by atomic mass is 14.4. The summed E-state index contributed by atoms with van der Waals surface area (Å²) in [5.41, 5.74) is 12.2. The Bertz CT molecular complexity index is 1090. The van der Waals surface area contributed by atoms with Gasteiger partial charge in [0.15, 0.2) is 0 Å². The zero-order chi connectivity index (χ0) is 31.3. The summed E-state index contributed by atoms with van der Waals surface area (Å²) in [7, 11) is 0. The van der Waals surface area contributed by atoms with Crippen LogP contribution in [-0.4, -0.2) is 0 Å². The van der Waals surface area contributed by atoms with E-state index < -0.39 is 0 Å². The maximum absolute atomic E-state index is 2.63. The highest BCUT2D eigenvalue weighted by Gasteiger charge is 2.38. The van der Waals surface area contributed by atoms with Crippen LogP contribution in [0.3, 0.4) is 0 Å². The molecule has 1 unspecified atom stereocenters. The van der Waals surface area contributed by atoms with Crippen molar-refractivity contribution in [2.45, 2.75) is 173 Å². The van der Waals surface area contributed by atoms with Gasteiger partial charge in [0.1, 0.15) is 0 Å². The first kappa shape index (κ1) is 34.9. The fraction of sp³-hybridized carbons (Fsp3) is 0.750. The molecule has 0 spiro atoms. The number of benzene rings is 1. The lowest BCUT2D eigenvalue weighted by Gasteiger charge is -2.44. The van der Waals surface area contributed by atoms with Crippen molar-refractivity contribution >= 4 is 0 Å². The van der Waals surface area contributed by atoms with Gasteiger partial charge in [-0.1, -0.05) is 154 Å². The van der Waals surface area contributed by atoms with E-state index in [1.54, 1.807) is 27.8 Å². The highest BCUT2D eigenvalue weighted by Crippen LogP contribution is 2.51. The number of allylic oxidation sites excluding steroid dienone is 4. The van der Waals surface area contributed by atoms with Gasteiger partial charge in [-0.2, -0.15) is 0 Å². The van der Waals surface area contributed by atoms with Crippen LogP contribution in [0.2, 0.25) is 0 Å². The fourth-order valence-electron chi connectivity index (χ4n) is 6.76. The molecule has 1 aliphatic rings. The molecule has 1 aromatic carbocycles. The van der Waals surface area contributed by atoms with Gasteiger partial charge in [-0.3, -0.25) is 0 Å². The zero-order valence-electron chi connectivity index (χ0n) is 30.3. The summed E-state index contributed by atoms with van der Waals surface area (Å²) in [6, 6.07) is 5.17. The predicted octanol–water partition coefficient (Wildman–Crippen LogP) is 12.7. The van der Waals surface area contributed by atoms with E-state index in [2.05, 4.69) is 143 Å². The summed E-state index contributed by atoms with van der Waals surface area (Å²) in [5, 5.41) is 0. The minimum atomic E-state index is 0.140. The Morgan fingerprint density at radius 1 is 0.525 bits per heavy atom. The van der Waals surface area contributed by atoms with E-state index in [1.807, 2.05) is 0 Å². The number of hydrogen-bond donors (Lipinski definition) is 0. The molecule has 0 heterocycles. The lowest BCUT2D eigenvalue weighted by molar-refractivity contribution is 0.233. The molecule has 0 amide bonds. The second-order valence-electron chi connectivity index (χ2n) is 19.3. The van der Waals surface area contributed by atoms with Crippen LogP contribution in [0.4, 0.5) is 0 Å². The molecule has 1 aliphatic carbocycles. The maximum Gasteiger partial charge on any atom is -0.0109 e. The number of unbranched alkanes of at least 4 members (excludes halogenated alkanes) is 1. The van der Waals surface area contributed by atoms with Crippen molar-refractivity contribution in [3.63, 3.8) is 0 Å². The van der Waals surface area contributed by atoms with E-state index >= 15 is 0 Å². The first-order valence-electron chi connectivity index (χ1n) is 16.3. The molecule has 0 radical (unpaired) electrons. The lowest BCUT2D eigenvalue weighted by Crippen LogP contribution is -2.32. The molecule has 2 rings (SSSR count). The molecule has 0 saturated carbocycles. The van der Waals surface area contributed by atoms with Crippen LogP contribution in [0.1, 0.15) is 173 Å². The summed E-state index contributed by atoms with van der Waals surface area (Å²) < 4.78 is 0. The monoisotopic (exact) mass is 549 g/mol. The van der Waals surface area contributed by atoms with Gasteiger partial charge in [0.2, 0.25) is 0 Å². The first-order chi connectivity index (χ1) is 17.6. The second kappa shape index (κ2) is 11.4. The molecule has 0 aromatic heterocycles.